The first-order valence-electron chi connectivity index (χ1n) is 13.5. The zero-order valence-electron chi connectivity index (χ0n) is 22.6. The van der Waals surface area contributed by atoms with Crippen LogP contribution in [0.2, 0.25) is 0 Å². The van der Waals surface area contributed by atoms with E-state index >= 15 is 0 Å². The maximum atomic E-state index is 14.0. The summed E-state index contributed by atoms with van der Waals surface area (Å²) in [5.41, 5.74) is 4.51. The van der Waals surface area contributed by atoms with E-state index in [2.05, 4.69) is 5.32 Å². The molecule has 0 aromatic heterocycles. The number of amides is 2. The minimum atomic E-state index is -0.303. The van der Waals surface area contributed by atoms with Crippen LogP contribution in [0.3, 0.4) is 0 Å². The number of nitrogens with zero attached hydrogens (tertiary/aromatic N) is 2. The molecule has 1 fully saturated rings. The Morgan fingerprint density at radius 2 is 1.63 bits per heavy atom. The Kier molecular flexibility index (Phi) is 9.16. The Morgan fingerprint density at radius 3 is 2.26 bits per heavy atom. The summed E-state index contributed by atoms with van der Waals surface area (Å²) in [6.45, 7) is 2.74. The molecule has 1 aliphatic rings. The van der Waals surface area contributed by atoms with Gasteiger partial charge in [0, 0.05) is 44.5 Å². The highest BCUT2D eigenvalue weighted by Gasteiger charge is 2.27. The number of hydrogen-bond acceptors (Lipinski definition) is 3. The number of nitrogens with one attached hydrogen (secondary N) is 1. The molecule has 1 atom stereocenters. The quantitative estimate of drug-likeness (QED) is 0.325. The SMILES string of the molecule is CCC(C(=O)N(Cc1ccc(F)cc1)Cc1cc(NC(=O)C2CCCC2)ccc1N(C)C)c1ccccc1. The summed E-state index contributed by atoms with van der Waals surface area (Å²) in [6.07, 6.45) is 4.74. The number of rotatable bonds is 10. The van der Waals surface area contributed by atoms with Gasteiger partial charge in [0.05, 0.1) is 5.92 Å². The normalized spacial score (nSPS) is 14.2. The van der Waals surface area contributed by atoms with Crippen molar-refractivity contribution in [2.24, 2.45) is 5.92 Å². The third-order valence-corrected chi connectivity index (χ3v) is 7.42. The van der Waals surface area contributed by atoms with Gasteiger partial charge in [-0.05, 0) is 66.3 Å². The van der Waals surface area contributed by atoms with E-state index in [0.29, 0.717) is 19.5 Å². The van der Waals surface area contributed by atoms with Crippen molar-refractivity contribution in [3.8, 4) is 0 Å². The maximum absolute atomic E-state index is 14.0. The van der Waals surface area contributed by atoms with Crippen LogP contribution < -0.4 is 10.2 Å². The predicted octanol–water partition coefficient (Wildman–Crippen LogP) is 6.74. The Labute approximate surface area is 225 Å². The molecule has 1 unspecified atom stereocenters. The zero-order valence-corrected chi connectivity index (χ0v) is 22.6. The first-order chi connectivity index (χ1) is 18.4. The average Bonchev–Trinajstić information content (AvgIpc) is 3.46. The van der Waals surface area contributed by atoms with Gasteiger partial charge in [-0.2, -0.15) is 0 Å². The third kappa shape index (κ3) is 6.80. The second-order valence-corrected chi connectivity index (χ2v) is 10.4. The summed E-state index contributed by atoms with van der Waals surface area (Å²) in [6, 6.07) is 22.1. The molecule has 5 nitrogen and oxygen atoms in total. The predicted molar refractivity (Wildman–Crippen MR) is 151 cm³/mol. The molecule has 0 aliphatic heterocycles. The first-order valence-corrected chi connectivity index (χ1v) is 13.5. The van der Waals surface area contributed by atoms with E-state index in [1.165, 1.54) is 12.1 Å². The van der Waals surface area contributed by atoms with Gasteiger partial charge in [0.15, 0.2) is 0 Å². The fraction of sp³-hybridized carbons (Fsp3) is 0.375. The Morgan fingerprint density at radius 1 is 0.947 bits per heavy atom. The van der Waals surface area contributed by atoms with E-state index in [1.807, 2.05) is 79.3 Å². The molecule has 1 saturated carbocycles. The van der Waals surface area contributed by atoms with Gasteiger partial charge >= 0.3 is 0 Å². The molecular weight excluding hydrogens is 477 g/mol. The van der Waals surface area contributed by atoms with Crippen LogP contribution in [0, 0.1) is 11.7 Å². The van der Waals surface area contributed by atoms with Crippen LogP contribution in [0.15, 0.2) is 72.8 Å². The Balaban J connectivity index is 1.65. The number of halogens is 1. The van der Waals surface area contributed by atoms with Crippen LogP contribution in [-0.2, 0) is 22.7 Å². The molecule has 0 saturated heterocycles. The van der Waals surface area contributed by atoms with E-state index in [0.717, 1.165) is 53.7 Å². The first kappa shape index (κ1) is 27.4. The van der Waals surface area contributed by atoms with E-state index in [-0.39, 0.29) is 29.5 Å². The van der Waals surface area contributed by atoms with E-state index in [1.54, 1.807) is 12.1 Å². The van der Waals surface area contributed by atoms with Gasteiger partial charge in [-0.15, -0.1) is 0 Å². The van der Waals surface area contributed by atoms with Crippen LogP contribution in [-0.4, -0.2) is 30.8 Å². The molecule has 0 bridgehead atoms. The van der Waals surface area contributed by atoms with E-state index in [9.17, 15) is 14.0 Å². The lowest BCUT2D eigenvalue weighted by Crippen LogP contribution is -2.34. The van der Waals surface area contributed by atoms with Crippen LogP contribution in [0.4, 0.5) is 15.8 Å². The molecular formula is C32H38FN3O2. The minimum Gasteiger partial charge on any atom is -0.377 e. The van der Waals surface area contributed by atoms with Crippen molar-refractivity contribution in [2.45, 2.75) is 58.0 Å². The molecule has 38 heavy (non-hydrogen) atoms. The number of hydrogen-bond donors (Lipinski definition) is 1. The molecule has 2 amide bonds. The van der Waals surface area contributed by atoms with E-state index in [4.69, 9.17) is 0 Å². The summed E-state index contributed by atoms with van der Waals surface area (Å²) in [7, 11) is 3.95. The molecule has 0 heterocycles. The van der Waals surface area contributed by atoms with Gasteiger partial charge in [-0.3, -0.25) is 9.59 Å². The average molecular weight is 516 g/mol. The molecule has 0 spiro atoms. The highest BCUT2D eigenvalue weighted by molar-refractivity contribution is 5.93. The van der Waals surface area contributed by atoms with Crippen molar-refractivity contribution in [2.75, 3.05) is 24.3 Å². The van der Waals surface area contributed by atoms with Crippen LogP contribution in [0.5, 0.6) is 0 Å². The monoisotopic (exact) mass is 515 g/mol. The fourth-order valence-corrected chi connectivity index (χ4v) is 5.34. The summed E-state index contributed by atoms with van der Waals surface area (Å²) in [5.74, 6) is -0.430. The van der Waals surface area contributed by atoms with Gasteiger partial charge < -0.3 is 15.1 Å². The second-order valence-electron chi connectivity index (χ2n) is 10.4. The number of benzene rings is 3. The Bertz CT molecular complexity index is 1220. The largest absolute Gasteiger partial charge is 0.377 e. The van der Waals surface area contributed by atoms with Crippen molar-refractivity contribution < 1.29 is 14.0 Å². The molecule has 200 valence electrons. The number of carbonyl (C=O) groups excluding carboxylic acids is 2. The van der Waals surface area contributed by atoms with Crippen LogP contribution >= 0.6 is 0 Å². The standard InChI is InChI=1S/C32H38FN3O2/c1-4-29(24-10-6-5-7-11-24)32(38)36(21-23-14-16-27(33)17-15-23)22-26-20-28(18-19-30(26)35(2)3)34-31(37)25-12-8-9-13-25/h5-7,10-11,14-20,25,29H,4,8-9,12-13,21-22H2,1-3H3,(H,34,37). The third-order valence-electron chi connectivity index (χ3n) is 7.42. The van der Waals surface area contributed by atoms with Gasteiger partial charge in [0.25, 0.3) is 0 Å². The summed E-state index contributed by atoms with van der Waals surface area (Å²) >= 11 is 0. The van der Waals surface area contributed by atoms with Gasteiger partial charge in [0.1, 0.15) is 5.82 Å². The lowest BCUT2D eigenvalue weighted by molar-refractivity contribution is -0.134. The summed E-state index contributed by atoms with van der Waals surface area (Å²) in [5, 5.41) is 3.11. The highest BCUT2D eigenvalue weighted by atomic mass is 19.1. The molecule has 3 aromatic carbocycles. The molecule has 1 N–H and O–H groups in total. The molecule has 3 aromatic rings. The molecule has 4 rings (SSSR count). The highest BCUT2D eigenvalue weighted by Crippen LogP contribution is 2.30. The maximum Gasteiger partial charge on any atom is 0.230 e. The number of carbonyl (C=O) groups is 2. The van der Waals surface area contributed by atoms with Crippen molar-refractivity contribution >= 4 is 23.2 Å². The van der Waals surface area contributed by atoms with Crippen molar-refractivity contribution in [1.82, 2.24) is 4.90 Å². The topological polar surface area (TPSA) is 52.7 Å². The summed E-state index contributed by atoms with van der Waals surface area (Å²) in [4.78, 5) is 30.7. The van der Waals surface area contributed by atoms with Crippen molar-refractivity contribution in [3.05, 3.63) is 95.3 Å². The zero-order chi connectivity index (χ0) is 27.1. The smallest absolute Gasteiger partial charge is 0.230 e. The van der Waals surface area contributed by atoms with Gasteiger partial charge in [-0.25, -0.2) is 4.39 Å². The van der Waals surface area contributed by atoms with Crippen molar-refractivity contribution in [3.63, 3.8) is 0 Å². The molecule has 1 aliphatic carbocycles. The lowest BCUT2D eigenvalue weighted by Gasteiger charge is -2.29. The van der Waals surface area contributed by atoms with E-state index < -0.39 is 0 Å². The lowest BCUT2D eigenvalue weighted by atomic mass is 9.94. The second kappa shape index (κ2) is 12.7. The molecule has 6 heteroatoms. The van der Waals surface area contributed by atoms with Gasteiger partial charge in [0.2, 0.25) is 11.8 Å². The number of anilines is 2. The fourth-order valence-electron chi connectivity index (χ4n) is 5.34. The molecule has 0 radical (unpaired) electrons. The van der Waals surface area contributed by atoms with Crippen molar-refractivity contribution in [1.29, 1.82) is 0 Å². The Hall–Kier alpha value is -3.67. The van der Waals surface area contributed by atoms with Crippen LogP contribution in [0.1, 0.15) is 61.6 Å². The van der Waals surface area contributed by atoms with Gasteiger partial charge in [-0.1, -0.05) is 62.2 Å². The summed E-state index contributed by atoms with van der Waals surface area (Å²) < 4.78 is 13.6. The minimum absolute atomic E-state index is 0.0214. The van der Waals surface area contributed by atoms with Crippen LogP contribution in [0.25, 0.3) is 0 Å².